The maximum Gasteiger partial charge on any atom is 0.225 e. The van der Waals surface area contributed by atoms with E-state index in [1.54, 1.807) is 18.5 Å². The SMILES string of the molecule is CC(C)C(CN)C(=O)NC1CCCN(c2ncccn2)C1. The Balaban J connectivity index is 1.94. The fraction of sp³-hybridized carbons (Fsp3) is 0.667. The van der Waals surface area contributed by atoms with Gasteiger partial charge in [-0.3, -0.25) is 4.79 Å². The Morgan fingerprint density at radius 3 is 2.81 bits per heavy atom. The van der Waals surface area contributed by atoms with Crippen LogP contribution < -0.4 is 16.0 Å². The molecule has 1 aliphatic heterocycles. The first-order chi connectivity index (χ1) is 10.1. The molecule has 1 amide bonds. The molecule has 0 bridgehead atoms. The van der Waals surface area contributed by atoms with Gasteiger partial charge in [0.15, 0.2) is 0 Å². The van der Waals surface area contributed by atoms with Crippen molar-refractivity contribution in [3.63, 3.8) is 0 Å². The average molecular weight is 291 g/mol. The van der Waals surface area contributed by atoms with E-state index in [1.165, 1.54) is 0 Å². The van der Waals surface area contributed by atoms with Crippen LogP contribution in [0.3, 0.4) is 0 Å². The van der Waals surface area contributed by atoms with Gasteiger partial charge in [0.05, 0.1) is 5.92 Å². The van der Waals surface area contributed by atoms with Crippen molar-refractivity contribution >= 4 is 11.9 Å². The predicted octanol–water partition coefficient (Wildman–Crippen LogP) is 0.793. The Kier molecular flexibility index (Phi) is 5.50. The monoisotopic (exact) mass is 291 g/mol. The van der Waals surface area contributed by atoms with E-state index >= 15 is 0 Å². The number of nitrogens with one attached hydrogen (secondary N) is 1. The highest BCUT2D eigenvalue weighted by molar-refractivity contribution is 5.79. The van der Waals surface area contributed by atoms with Gasteiger partial charge >= 0.3 is 0 Å². The lowest BCUT2D eigenvalue weighted by Gasteiger charge is -2.34. The summed E-state index contributed by atoms with van der Waals surface area (Å²) >= 11 is 0. The van der Waals surface area contributed by atoms with Crippen molar-refractivity contribution < 1.29 is 4.79 Å². The maximum absolute atomic E-state index is 12.3. The molecule has 21 heavy (non-hydrogen) atoms. The summed E-state index contributed by atoms with van der Waals surface area (Å²) in [6, 6.07) is 1.95. The molecular formula is C15H25N5O. The van der Waals surface area contributed by atoms with Crippen LogP contribution in [0.25, 0.3) is 0 Å². The highest BCUT2D eigenvalue weighted by Crippen LogP contribution is 2.16. The number of nitrogens with zero attached hydrogens (tertiary/aromatic N) is 3. The smallest absolute Gasteiger partial charge is 0.225 e. The van der Waals surface area contributed by atoms with E-state index in [1.807, 2.05) is 13.8 Å². The molecule has 1 aliphatic rings. The van der Waals surface area contributed by atoms with Crippen LogP contribution in [0, 0.1) is 11.8 Å². The normalized spacial score (nSPS) is 20.4. The molecule has 2 atom stereocenters. The second-order valence-electron chi connectivity index (χ2n) is 5.93. The van der Waals surface area contributed by atoms with Gasteiger partial charge in [0.1, 0.15) is 0 Å². The number of hydrogen-bond acceptors (Lipinski definition) is 5. The van der Waals surface area contributed by atoms with Crippen molar-refractivity contribution in [3.05, 3.63) is 18.5 Å². The van der Waals surface area contributed by atoms with E-state index in [0.29, 0.717) is 6.54 Å². The zero-order valence-corrected chi connectivity index (χ0v) is 12.8. The van der Waals surface area contributed by atoms with Crippen LogP contribution in [0.5, 0.6) is 0 Å². The largest absolute Gasteiger partial charge is 0.351 e. The lowest BCUT2D eigenvalue weighted by molar-refractivity contribution is -0.126. The number of amides is 1. The van der Waals surface area contributed by atoms with Crippen molar-refractivity contribution in [2.45, 2.75) is 32.7 Å². The van der Waals surface area contributed by atoms with Crippen molar-refractivity contribution in [1.82, 2.24) is 15.3 Å². The van der Waals surface area contributed by atoms with Crippen LogP contribution >= 0.6 is 0 Å². The number of rotatable bonds is 5. The zero-order chi connectivity index (χ0) is 15.2. The molecular weight excluding hydrogens is 266 g/mol. The molecule has 1 fully saturated rings. The van der Waals surface area contributed by atoms with Crippen molar-refractivity contribution in [3.8, 4) is 0 Å². The highest BCUT2D eigenvalue weighted by atomic mass is 16.2. The first-order valence-corrected chi connectivity index (χ1v) is 7.64. The minimum atomic E-state index is -0.117. The molecule has 0 spiro atoms. The number of anilines is 1. The van der Waals surface area contributed by atoms with Gasteiger partial charge in [-0.1, -0.05) is 13.8 Å². The summed E-state index contributed by atoms with van der Waals surface area (Å²) in [5.41, 5.74) is 5.71. The summed E-state index contributed by atoms with van der Waals surface area (Å²) in [4.78, 5) is 23.0. The number of aromatic nitrogens is 2. The summed E-state index contributed by atoms with van der Waals surface area (Å²) in [6.07, 6.45) is 5.50. The molecule has 0 aliphatic carbocycles. The van der Waals surface area contributed by atoms with Crippen LogP contribution in [0.2, 0.25) is 0 Å². The molecule has 2 rings (SSSR count). The standard InChI is InChI=1S/C15H25N5O/c1-11(2)13(9-16)14(21)19-12-5-3-8-20(10-12)15-17-6-4-7-18-15/h4,6-7,11-13H,3,5,8-10,16H2,1-2H3,(H,19,21). The number of nitrogens with two attached hydrogens (primary N) is 1. The quantitative estimate of drug-likeness (QED) is 0.838. The van der Waals surface area contributed by atoms with Crippen molar-refractivity contribution in [2.24, 2.45) is 17.6 Å². The third-order valence-corrected chi connectivity index (χ3v) is 4.00. The van der Waals surface area contributed by atoms with Gasteiger partial charge in [0, 0.05) is 38.1 Å². The molecule has 1 saturated heterocycles. The minimum absolute atomic E-state index is 0.0633. The van der Waals surface area contributed by atoms with Gasteiger partial charge in [0.2, 0.25) is 11.9 Å². The summed E-state index contributed by atoms with van der Waals surface area (Å²) in [6.45, 7) is 6.14. The molecule has 0 aromatic carbocycles. The topological polar surface area (TPSA) is 84.1 Å². The fourth-order valence-corrected chi connectivity index (χ4v) is 2.72. The number of piperidine rings is 1. The molecule has 2 heterocycles. The van der Waals surface area contributed by atoms with E-state index < -0.39 is 0 Å². The minimum Gasteiger partial charge on any atom is -0.351 e. The lowest BCUT2D eigenvalue weighted by Crippen LogP contribution is -2.51. The van der Waals surface area contributed by atoms with Gasteiger partial charge in [-0.25, -0.2) is 9.97 Å². The van der Waals surface area contributed by atoms with Crippen LogP contribution in [0.4, 0.5) is 5.95 Å². The molecule has 0 radical (unpaired) electrons. The van der Waals surface area contributed by atoms with Crippen LogP contribution in [-0.2, 0) is 4.79 Å². The fourth-order valence-electron chi connectivity index (χ4n) is 2.72. The summed E-state index contributed by atoms with van der Waals surface area (Å²) in [7, 11) is 0. The van der Waals surface area contributed by atoms with Gasteiger partial charge in [-0.15, -0.1) is 0 Å². The Bertz CT molecular complexity index is 451. The molecule has 6 nitrogen and oxygen atoms in total. The highest BCUT2D eigenvalue weighted by Gasteiger charge is 2.26. The maximum atomic E-state index is 12.3. The third-order valence-electron chi connectivity index (χ3n) is 4.00. The molecule has 116 valence electrons. The first kappa shape index (κ1) is 15.7. The van der Waals surface area contributed by atoms with Crippen LogP contribution in [0.1, 0.15) is 26.7 Å². The van der Waals surface area contributed by atoms with E-state index in [4.69, 9.17) is 5.73 Å². The number of hydrogen-bond donors (Lipinski definition) is 2. The Labute approximate surface area is 126 Å². The summed E-state index contributed by atoms with van der Waals surface area (Å²) in [5, 5.41) is 3.13. The Hall–Kier alpha value is -1.69. The zero-order valence-electron chi connectivity index (χ0n) is 12.8. The van der Waals surface area contributed by atoms with Crippen LogP contribution in [-0.4, -0.2) is 41.6 Å². The molecule has 1 aromatic rings. The predicted molar refractivity (Wildman–Crippen MR) is 82.8 cm³/mol. The molecule has 0 saturated carbocycles. The van der Waals surface area contributed by atoms with Crippen molar-refractivity contribution in [1.29, 1.82) is 0 Å². The van der Waals surface area contributed by atoms with Gasteiger partial charge in [-0.2, -0.15) is 0 Å². The Morgan fingerprint density at radius 2 is 2.19 bits per heavy atom. The number of carbonyl (C=O) groups is 1. The number of carbonyl (C=O) groups excluding carboxylic acids is 1. The first-order valence-electron chi connectivity index (χ1n) is 7.64. The van der Waals surface area contributed by atoms with Gasteiger partial charge < -0.3 is 16.0 Å². The van der Waals surface area contributed by atoms with E-state index in [9.17, 15) is 4.79 Å². The second-order valence-corrected chi connectivity index (χ2v) is 5.93. The van der Waals surface area contributed by atoms with Gasteiger partial charge in [0.25, 0.3) is 0 Å². The van der Waals surface area contributed by atoms with E-state index in [2.05, 4.69) is 20.2 Å². The van der Waals surface area contributed by atoms with Gasteiger partial charge in [-0.05, 0) is 24.8 Å². The lowest BCUT2D eigenvalue weighted by atomic mass is 9.94. The van der Waals surface area contributed by atoms with E-state index in [0.717, 1.165) is 31.9 Å². The Morgan fingerprint density at radius 1 is 1.48 bits per heavy atom. The second kappa shape index (κ2) is 7.36. The van der Waals surface area contributed by atoms with Crippen LogP contribution in [0.15, 0.2) is 18.5 Å². The van der Waals surface area contributed by atoms with E-state index in [-0.39, 0.29) is 23.8 Å². The summed E-state index contributed by atoms with van der Waals surface area (Å²) < 4.78 is 0. The molecule has 3 N–H and O–H groups in total. The molecule has 6 heteroatoms. The average Bonchev–Trinajstić information content (AvgIpc) is 2.48. The molecule has 2 unspecified atom stereocenters. The molecule has 1 aromatic heterocycles. The third kappa shape index (κ3) is 4.14. The van der Waals surface area contributed by atoms with Crippen molar-refractivity contribution in [2.75, 3.05) is 24.5 Å². The summed E-state index contributed by atoms with van der Waals surface area (Å²) in [5.74, 6) is 0.935.